The molecule has 0 spiro atoms. The van der Waals surface area contributed by atoms with Crippen molar-refractivity contribution >= 4 is 21.8 Å². The van der Waals surface area contributed by atoms with Gasteiger partial charge in [-0.3, -0.25) is 4.79 Å². The number of ether oxygens (including phenoxy) is 2. The van der Waals surface area contributed by atoms with Gasteiger partial charge in [-0.05, 0) is 47.5 Å². The van der Waals surface area contributed by atoms with Crippen molar-refractivity contribution in [3.8, 4) is 11.5 Å². The van der Waals surface area contributed by atoms with E-state index >= 15 is 0 Å². The molecule has 1 aromatic carbocycles. The number of rotatable bonds is 7. The molecule has 0 aliphatic carbocycles. The molecular formula is C14H20BrNO3. The van der Waals surface area contributed by atoms with E-state index in [-0.39, 0.29) is 18.6 Å². The van der Waals surface area contributed by atoms with Crippen LogP contribution >= 0.6 is 15.9 Å². The van der Waals surface area contributed by atoms with E-state index in [1.54, 1.807) is 25.3 Å². The highest BCUT2D eigenvalue weighted by molar-refractivity contribution is 9.10. The first-order chi connectivity index (χ1) is 9.06. The lowest BCUT2D eigenvalue weighted by Crippen LogP contribution is -2.35. The van der Waals surface area contributed by atoms with Crippen LogP contribution in [0.5, 0.6) is 11.5 Å². The molecule has 0 aromatic heterocycles. The van der Waals surface area contributed by atoms with Crippen LogP contribution in [-0.4, -0.2) is 25.7 Å². The second-order valence-electron chi connectivity index (χ2n) is 4.34. The Morgan fingerprint density at radius 3 is 2.79 bits per heavy atom. The Bertz CT molecular complexity index is 423. The van der Waals surface area contributed by atoms with E-state index in [0.29, 0.717) is 5.75 Å². The molecule has 106 valence electrons. The number of nitrogens with one attached hydrogen (secondary N) is 1. The maximum atomic E-state index is 11.7. The van der Waals surface area contributed by atoms with Gasteiger partial charge in [0.2, 0.25) is 0 Å². The molecule has 0 fully saturated rings. The van der Waals surface area contributed by atoms with Crippen LogP contribution in [0.4, 0.5) is 0 Å². The average molecular weight is 330 g/mol. The maximum Gasteiger partial charge on any atom is 0.258 e. The fourth-order valence-corrected chi connectivity index (χ4v) is 2.16. The van der Waals surface area contributed by atoms with E-state index in [0.717, 1.165) is 23.1 Å². The Morgan fingerprint density at radius 2 is 2.21 bits per heavy atom. The predicted molar refractivity (Wildman–Crippen MR) is 78.7 cm³/mol. The minimum atomic E-state index is -0.108. The summed E-state index contributed by atoms with van der Waals surface area (Å²) < 4.78 is 11.3. The average Bonchev–Trinajstić information content (AvgIpc) is 2.37. The Hall–Kier alpha value is -1.23. The molecule has 1 atom stereocenters. The van der Waals surface area contributed by atoms with Crippen LogP contribution in [-0.2, 0) is 4.79 Å². The van der Waals surface area contributed by atoms with Gasteiger partial charge in [-0.25, -0.2) is 0 Å². The van der Waals surface area contributed by atoms with Gasteiger partial charge in [0.15, 0.2) is 6.61 Å². The van der Waals surface area contributed by atoms with Crippen molar-refractivity contribution in [3.05, 3.63) is 22.7 Å². The van der Waals surface area contributed by atoms with E-state index in [2.05, 4.69) is 28.2 Å². The minimum absolute atomic E-state index is 0.0129. The number of carbonyl (C=O) groups is 1. The van der Waals surface area contributed by atoms with Crippen LogP contribution in [0.1, 0.15) is 26.7 Å². The molecule has 1 unspecified atom stereocenters. The number of amides is 1. The third-order valence-corrected chi connectivity index (χ3v) is 3.25. The van der Waals surface area contributed by atoms with Gasteiger partial charge in [0, 0.05) is 6.04 Å². The van der Waals surface area contributed by atoms with Crippen molar-refractivity contribution in [1.29, 1.82) is 0 Å². The summed E-state index contributed by atoms with van der Waals surface area (Å²) >= 11 is 3.38. The highest BCUT2D eigenvalue weighted by atomic mass is 79.9. The van der Waals surface area contributed by atoms with Crippen LogP contribution in [0.2, 0.25) is 0 Å². The first kappa shape index (κ1) is 15.8. The van der Waals surface area contributed by atoms with Gasteiger partial charge >= 0.3 is 0 Å². The lowest BCUT2D eigenvalue weighted by Gasteiger charge is -2.14. The largest absolute Gasteiger partial charge is 0.497 e. The normalized spacial score (nSPS) is 11.8. The number of hydrogen-bond donors (Lipinski definition) is 1. The maximum absolute atomic E-state index is 11.7. The molecule has 0 bridgehead atoms. The van der Waals surface area contributed by atoms with Crippen LogP contribution < -0.4 is 14.8 Å². The predicted octanol–water partition coefficient (Wildman–Crippen LogP) is 3.14. The van der Waals surface area contributed by atoms with Crippen molar-refractivity contribution in [2.45, 2.75) is 32.7 Å². The zero-order chi connectivity index (χ0) is 14.3. The molecule has 1 N–H and O–H groups in total. The van der Waals surface area contributed by atoms with Gasteiger partial charge in [0.05, 0.1) is 11.6 Å². The molecule has 1 rings (SSSR count). The van der Waals surface area contributed by atoms with Gasteiger partial charge in [0.25, 0.3) is 5.91 Å². The molecule has 1 amide bonds. The van der Waals surface area contributed by atoms with Gasteiger partial charge in [-0.2, -0.15) is 0 Å². The molecular weight excluding hydrogens is 310 g/mol. The van der Waals surface area contributed by atoms with E-state index in [9.17, 15) is 4.79 Å². The molecule has 4 nitrogen and oxygen atoms in total. The van der Waals surface area contributed by atoms with Crippen LogP contribution in [0, 0.1) is 0 Å². The third-order valence-electron chi connectivity index (χ3n) is 2.63. The molecule has 0 saturated carbocycles. The monoisotopic (exact) mass is 329 g/mol. The number of halogens is 1. The standard InChI is InChI=1S/C14H20BrNO3/c1-4-5-10(2)16-14(17)9-19-13-7-6-11(18-3)8-12(13)15/h6-8,10H,4-5,9H2,1-3H3,(H,16,17). The zero-order valence-corrected chi connectivity index (χ0v) is 13.1. The van der Waals surface area contributed by atoms with Crippen molar-refractivity contribution in [1.82, 2.24) is 5.32 Å². The van der Waals surface area contributed by atoms with Crippen molar-refractivity contribution in [2.24, 2.45) is 0 Å². The Morgan fingerprint density at radius 1 is 1.47 bits per heavy atom. The Labute approximate surface area is 122 Å². The van der Waals surface area contributed by atoms with Gasteiger partial charge in [0.1, 0.15) is 11.5 Å². The second kappa shape index (κ2) is 8.04. The summed E-state index contributed by atoms with van der Waals surface area (Å²) in [4.78, 5) is 11.7. The topological polar surface area (TPSA) is 47.6 Å². The van der Waals surface area contributed by atoms with Crippen molar-refractivity contribution in [2.75, 3.05) is 13.7 Å². The summed E-state index contributed by atoms with van der Waals surface area (Å²) in [6.45, 7) is 4.09. The summed E-state index contributed by atoms with van der Waals surface area (Å²) in [6, 6.07) is 5.54. The summed E-state index contributed by atoms with van der Waals surface area (Å²) in [7, 11) is 1.60. The van der Waals surface area contributed by atoms with Crippen LogP contribution in [0.25, 0.3) is 0 Å². The number of methoxy groups -OCH3 is 1. The smallest absolute Gasteiger partial charge is 0.258 e. The molecule has 0 heterocycles. The Kier molecular flexibility index (Phi) is 6.70. The molecule has 0 aliphatic rings. The molecule has 0 aliphatic heterocycles. The van der Waals surface area contributed by atoms with E-state index in [1.807, 2.05) is 6.92 Å². The zero-order valence-electron chi connectivity index (χ0n) is 11.5. The van der Waals surface area contributed by atoms with E-state index in [4.69, 9.17) is 9.47 Å². The quantitative estimate of drug-likeness (QED) is 0.835. The molecule has 19 heavy (non-hydrogen) atoms. The van der Waals surface area contributed by atoms with E-state index < -0.39 is 0 Å². The summed E-state index contributed by atoms with van der Waals surface area (Å²) in [5.74, 6) is 1.25. The first-order valence-electron chi connectivity index (χ1n) is 6.32. The lowest BCUT2D eigenvalue weighted by molar-refractivity contribution is -0.123. The molecule has 0 radical (unpaired) electrons. The van der Waals surface area contributed by atoms with Gasteiger partial charge in [-0.1, -0.05) is 13.3 Å². The summed E-state index contributed by atoms with van der Waals surface area (Å²) in [5, 5.41) is 2.89. The van der Waals surface area contributed by atoms with E-state index in [1.165, 1.54) is 0 Å². The second-order valence-corrected chi connectivity index (χ2v) is 5.20. The van der Waals surface area contributed by atoms with Crippen molar-refractivity contribution in [3.63, 3.8) is 0 Å². The van der Waals surface area contributed by atoms with Crippen LogP contribution in [0.3, 0.4) is 0 Å². The summed E-state index contributed by atoms with van der Waals surface area (Å²) in [5.41, 5.74) is 0. The SMILES string of the molecule is CCCC(C)NC(=O)COc1ccc(OC)cc1Br. The Balaban J connectivity index is 2.46. The highest BCUT2D eigenvalue weighted by Crippen LogP contribution is 2.28. The molecule has 1 aromatic rings. The molecule has 5 heteroatoms. The minimum Gasteiger partial charge on any atom is -0.497 e. The number of carbonyl (C=O) groups excluding carboxylic acids is 1. The lowest BCUT2D eigenvalue weighted by atomic mass is 10.2. The summed E-state index contributed by atoms with van der Waals surface area (Å²) in [6.07, 6.45) is 2.02. The number of hydrogen-bond acceptors (Lipinski definition) is 3. The highest BCUT2D eigenvalue weighted by Gasteiger charge is 2.09. The fourth-order valence-electron chi connectivity index (χ4n) is 1.69. The first-order valence-corrected chi connectivity index (χ1v) is 7.11. The van der Waals surface area contributed by atoms with Crippen LogP contribution in [0.15, 0.2) is 22.7 Å². The number of benzene rings is 1. The van der Waals surface area contributed by atoms with Gasteiger partial charge < -0.3 is 14.8 Å². The third kappa shape index (κ3) is 5.51. The van der Waals surface area contributed by atoms with Crippen molar-refractivity contribution < 1.29 is 14.3 Å². The molecule has 0 saturated heterocycles. The fraction of sp³-hybridized carbons (Fsp3) is 0.500. The van der Waals surface area contributed by atoms with Gasteiger partial charge in [-0.15, -0.1) is 0 Å².